The van der Waals surface area contributed by atoms with Crippen molar-refractivity contribution in [2.75, 3.05) is 32.8 Å². The van der Waals surface area contributed by atoms with Gasteiger partial charge >= 0.3 is 0 Å². The molecule has 3 heteroatoms. The number of nitrogens with two attached hydrogens (primary N) is 1. The smallest absolute Gasteiger partial charge is 0.0622 e. The summed E-state index contributed by atoms with van der Waals surface area (Å²) in [6.07, 6.45) is 5.15. The minimum Gasteiger partial charge on any atom is -0.380 e. The average molecular weight is 198 g/mol. The summed E-state index contributed by atoms with van der Waals surface area (Å²) in [5.41, 5.74) is 5.62. The van der Waals surface area contributed by atoms with Gasteiger partial charge in [-0.1, -0.05) is 0 Å². The molecule has 2 atom stereocenters. The van der Waals surface area contributed by atoms with E-state index in [2.05, 4.69) is 4.90 Å². The van der Waals surface area contributed by atoms with Crippen LogP contribution in [0.15, 0.2) is 0 Å². The maximum atomic E-state index is 5.62. The van der Waals surface area contributed by atoms with Crippen molar-refractivity contribution < 1.29 is 4.74 Å². The second-order valence-corrected chi connectivity index (χ2v) is 4.60. The lowest BCUT2D eigenvalue weighted by Crippen LogP contribution is -2.43. The van der Waals surface area contributed by atoms with Crippen LogP contribution in [0.3, 0.4) is 0 Å². The van der Waals surface area contributed by atoms with Crippen LogP contribution < -0.4 is 5.73 Å². The Kier molecular flexibility index (Phi) is 3.79. The Morgan fingerprint density at radius 2 is 2.29 bits per heavy atom. The second kappa shape index (κ2) is 5.10. The maximum absolute atomic E-state index is 5.62. The van der Waals surface area contributed by atoms with E-state index >= 15 is 0 Å². The predicted octanol–water partition coefficient (Wildman–Crippen LogP) is 0.836. The molecule has 2 N–H and O–H groups in total. The molecule has 0 saturated carbocycles. The van der Waals surface area contributed by atoms with Gasteiger partial charge in [0.2, 0.25) is 0 Å². The summed E-state index contributed by atoms with van der Waals surface area (Å²) in [6.45, 7) is 5.29. The van der Waals surface area contributed by atoms with E-state index in [1.165, 1.54) is 38.8 Å². The molecule has 2 aliphatic rings. The lowest BCUT2D eigenvalue weighted by atomic mass is 9.93. The molecular weight excluding hydrogens is 176 g/mol. The minimum atomic E-state index is 0.704. The zero-order valence-corrected chi connectivity index (χ0v) is 8.95. The van der Waals surface area contributed by atoms with E-state index in [0.717, 1.165) is 25.7 Å². The van der Waals surface area contributed by atoms with Gasteiger partial charge in [0, 0.05) is 19.2 Å². The number of piperidine rings is 1. The van der Waals surface area contributed by atoms with Gasteiger partial charge in [0.25, 0.3) is 0 Å². The Bertz CT molecular complexity index is 167. The second-order valence-electron chi connectivity index (χ2n) is 4.60. The molecule has 0 bridgehead atoms. The lowest BCUT2D eigenvalue weighted by Gasteiger charge is -2.36. The summed E-state index contributed by atoms with van der Waals surface area (Å²) in [7, 11) is 0. The van der Waals surface area contributed by atoms with Crippen LogP contribution in [0.5, 0.6) is 0 Å². The molecule has 2 saturated heterocycles. The first-order valence-corrected chi connectivity index (χ1v) is 5.92. The molecule has 2 unspecified atom stereocenters. The molecule has 0 aromatic rings. The fourth-order valence-electron chi connectivity index (χ4n) is 2.71. The van der Waals surface area contributed by atoms with Crippen LogP contribution in [0.25, 0.3) is 0 Å². The van der Waals surface area contributed by atoms with E-state index in [1.54, 1.807) is 0 Å². The topological polar surface area (TPSA) is 38.5 Å². The van der Waals surface area contributed by atoms with E-state index in [-0.39, 0.29) is 0 Å². The van der Waals surface area contributed by atoms with Crippen molar-refractivity contribution in [1.29, 1.82) is 0 Å². The summed E-state index contributed by atoms with van der Waals surface area (Å²) < 4.78 is 5.44. The van der Waals surface area contributed by atoms with Crippen LogP contribution in [-0.2, 0) is 4.74 Å². The Balaban J connectivity index is 1.80. The van der Waals surface area contributed by atoms with Crippen molar-refractivity contribution in [2.45, 2.75) is 31.7 Å². The summed E-state index contributed by atoms with van der Waals surface area (Å²) in [6, 6.07) is 0.704. The Morgan fingerprint density at radius 1 is 1.36 bits per heavy atom. The third-order valence-corrected chi connectivity index (χ3v) is 3.55. The van der Waals surface area contributed by atoms with Crippen LogP contribution in [-0.4, -0.2) is 43.8 Å². The highest BCUT2D eigenvalue weighted by Crippen LogP contribution is 2.23. The predicted molar refractivity (Wildman–Crippen MR) is 57.2 cm³/mol. The van der Waals surface area contributed by atoms with E-state index in [0.29, 0.717) is 6.04 Å². The third-order valence-electron chi connectivity index (χ3n) is 3.55. The summed E-state index contributed by atoms with van der Waals surface area (Å²) in [4.78, 5) is 2.62. The number of ether oxygens (including phenoxy) is 1. The molecule has 2 fully saturated rings. The van der Waals surface area contributed by atoms with Crippen LogP contribution in [0.1, 0.15) is 25.7 Å². The molecule has 0 aromatic carbocycles. The molecule has 0 spiro atoms. The van der Waals surface area contributed by atoms with Crippen molar-refractivity contribution in [3.8, 4) is 0 Å². The highest BCUT2D eigenvalue weighted by molar-refractivity contribution is 4.81. The normalized spacial score (nSPS) is 34.9. The first-order valence-electron chi connectivity index (χ1n) is 5.92. The zero-order valence-electron chi connectivity index (χ0n) is 8.95. The molecule has 0 radical (unpaired) electrons. The molecule has 0 aliphatic carbocycles. The molecule has 2 heterocycles. The Morgan fingerprint density at radius 3 is 3.00 bits per heavy atom. The zero-order chi connectivity index (χ0) is 9.80. The maximum Gasteiger partial charge on any atom is 0.0622 e. The van der Waals surface area contributed by atoms with Crippen molar-refractivity contribution in [1.82, 2.24) is 4.90 Å². The largest absolute Gasteiger partial charge is 0.380 e. The van der Waals surface area contributed by atoms with Gasteiger partial charge in [-0.05, 0) is 44.7 Å². The molecule has 82 valence electrons. The minimum absolute atomic E-state index is 0.704. The van der Waals surface area contributed by atoms with E-state index < -0.39 is 0 Å². The van der Waals surface area contributed by atoms with Crippen molar-refractivity contribution in [3.63, 3.8) is 0 Å². The quantitative estimate of drug-likeness (QED) is 0.730. The van der Waals surface area contributed by atoms with Crippen LogP contribution >= 0.6 is 0 Å². The number of hydrogen-bond acceptors (Lipinski definition) is 3. The summed E-state index contributed by atoms with van der Waals surface area (Å²) >= 11 is 0. The summed E-state index contributed by atoms with van der Waals surface area (Å²) in [5, 5.41) is 0. The van der Waals surface area contributed by atoms with Gasteiger partial charge in [0.15, 0.2) is 0 Å². The van der Waals surface area contributed by atoms with Gasteiger partial charge in [-0.15, -0.1) is 0 Å². The van der Waals surface area contributed by atoms with Crippen molar-refractivity contribution in [3.05, 3.63) is 0 Å². The molecular formula is C11H22N2O. The van der Waals surface area contributed by atoms with Crippen LogP contribution in [0, 0.1) is 5.92 Å². The molecule has 2 aliphatic heterocycles. The fraction of sp³-hybridized carbons (Fsp3) is 1.00. The molecule has 0 amide bonds. The highest BCUT2D eigenvalue weighted by Gasteiger charge is 2.27. The van der Waals surface area contributed by atoms with Gasteiger partial charge in [0.1, 0.15) is 0 Å². The number of likely N-dealkylation sites (tertiary alicyclic amines) is 1. The number of nitrogens with zero attached hydrogens (tertiary/aromatic N) is 1. The van der Waals surface area contributed by atoms with Crippen molar-refractivity contribution in [2.24, 2.45) is 11.7 Å². The Hall–Kier alpha value is -0.120. The first kappa shape index (κ1) is 10.4. The molecule has 2 rings (SSSR count). The SMILES string of the molecule is NCCC1CCCN(C2CCOC2)C1. The Labute approximate surface area is 86.6 Å². The van der Waals surface area contributed by atoms with Gasteiger partial charge < -0.3 is 10.5 Å². The third kappa shape index (κ3) is 2.47. The van der Waals surface area contributed by atoms with E-state index in [1.807, 2.05) is 0 Å². The standard InChI is InChI=1S/C11H22N2O/c12-5-3-10-2-1-6-13(8-10)11-4-7-14-9-11/h10-11H,1-9,12H2. The first-order chi connectivity index (χ1) is 6.90. The monoisotopic (exact) mass is 198 g/mol. The highest BCUT2D eigenvalue weighted by atomic mass is 16.5. The molecule has 3 nitrogen and oxygen atoms in total. The van der Waals surface area contributed by atoms with Gasteiger partial charge in [-0.3, -0.25) is 4.90 Å². The average Bonchev–Trinajstić information content (AvgIpc) is 2.71. The molecule has 0 aromatic heterocycles. The van der Waals surface area contributed by atoms with E-state index in [9.17, 15) is 0 Å². The van der Waals surface area contributed by atoms with Crippen LogP contribution in [0.2, 0.25) is 0 Å². The summed E-state index contributed by atoms with van der Waals surface area (Å²) in [5.74, 6) is 0.842. The van der Waals surface area contributed by atoms with Gasteiger partial charge in [0.05, 0.1) is 6.61 Å². The van der Waals surface area contributed by atoms with Crippen molar-refractivity contribution >= 4 is 0 Å². The van der Waals surface area contributed by atoms with Gasteiger partial charge in [-0.25, -0.2) is 0 Å². The van der Waals surface area contributed by atoms with Crippen LogP contribution in [0.4, 0.5) is 0 Å². The van der Waals surface area contributed by atoms with E-state index in [4.69, 9.17) is 10.5 Å². The lowest BCUT2D eigenvalue weighted by molar-refractivity contribution is 0.101. The number of rotatable bonds is 3. The molecule has 14 heavy (non-hydrogen) atoms. The van der Waals surface area contributed by atoms with Gasteiger partial charge in [-0.2, -0.15) is 0 Å². The fourth-order valence-corrected chi connectivity index (χ4v) is 2.71. The number of hydrogen-bond donors (Lipinski definition) is 1.